The fraction of sp³-hybridized carbons (Fsp3) is 0.316. The molecule has 0 aliphatic heterocycles. The minimum absolute atomic E-state index is 0.105. The van der Waals surface area contributed by atoms with E-state index in [0.29, 0.717) is 25.5 Å². The molecule has 248 valence electrons. The third-order valence-electron chi connectivity index (χ3n) is 8.05. The van der Waals surface area contributed by atoms with Gasteiger partial charge in [0.25, 0.3) is 0 Å². The van der Waals surface area contributed by atoms with Crippen molar-refractivity contribution in [1.29, 1.82) is 0 Å². The van der Waals surface area contributed by atoms with E-state index >= 15 is 0 Å². The van der Waals surface area contributed by atoms with Crippen molar-refractivity contribution in [1.82, 2.24) is 19.7 Å². The molecule has 10 heteroatoms. The normalized spacial score (nSPS) is 12.1. The number of ether oxygens (including phenoxy) is 2. The van der Waals surface area contributed by atoms with Gasteiger partial charge < -0.3 is 19.1 Å². The maximum atomic E-state index is 12.4. The summed E-state index contributed by atoms with van der Waals surface area (Å²) in [6.07, 6.45) is 1.10. The molecule has 6 rings (SSSR count). The predicted molar refractivity (Wildman–Crippen MR) is 195 cm³/mol. The molecule has 0 radical (unpaired) electrons. The summed E-state index contributed by atoms with van der Waals surface area (Å²) in [5.74, 6) is 0.428. The zero-order valence-electron chi connectivity index (χ0n) is 28.1. The molecule has 0 saturated heterocycles. The van der Waals surface area contributed by atoms with Crippen molar-refractivity contribution in [2.24, 2.45) is 5.41 Å². The van der Waals surface area contributed by atoms with Crippen LogP contribution in [0.25, 0.3) is 32.4 Å². The third kappa shape index (κ3) is 7.50. The van der Waals surface area contributed by atoms with Gasteiger partial charge in [-0.05, 0) is 55.8 Å². The number of thiazole rings is 1. The van der Waals surface area contributed by atoms with E-state index in [2.05, 4.69) is 65.9 Å². The maximum absolute atomic E-state index is 12.4. The van der Waals surface area contributed by atoms with Gasteiger partial charge in [0.05, 0.1) is 40.0 Å². The van der Waals surface area contributed by atoms with Crippen molar-refractivity contribution < 1.29 is 19.4 Å². The highest BCUT2D eigenvalue weighted by Crippen LogP contribution is 2.44. The van der Waals surface area contributed by atoms with E-state index in [9.17, 15) is 9.90 Å². The van der Waals surface area contributed by atoms with Crippen LogP contribution in [0.1, 0.15) is 50.9 Å². The van der Waals surface area contributed by atoms with E-state index in [1.54, 1.807) is 50.1 Å². The molecule has 48 heavy (non-hydrogen) atoms. The first-order valence-electron chi connectivity index (χ1n) is 15.9. The van der Waals surface area contributed by atoms with E-state index in [0.717, 1.165) is 61.0 Å². The van der Waals surface area contributed by atoms with Crippen molar-refractivity contribution in [2.45, 2.75) is 63.6 Å². The van der Waals surface area contributed by atoms with E-state index in [1.165, 1.54) is 4.70 Å². The molecule has 1 N–H and O–H groups in total. The molecule has 8 nitrogen and oxygen atoms in total. The van der Waals surface area contributed by atoms with Gasteiger partial charge in [0.2, 0.25) is 5.88 Å². The molecular weight excluding hydrogens is 641 g/mol. The summed E-state index contributed by atoms with van der Waals surface area (Å²) in [4.78, 5) is 18.3. The number of methoxy groups -OCH3 is 1. The number of carboxylic acid groups (broad SMARTS) is 1. The summed E-state index contributed by atoms with van der Waals surface area (Å²) in [6, 6.07) is 26.4. The van der Waals surface area contributed by atoms with Gasteiger partial charge in [-0.15, -0.1) is 33.3 Å². The number of thioether (sulfide) groups is 1. The first kappa shape index (κ1) is 33.5. The van der Waals surface area contributed by atoms with Crippen LogP contribution in [0.5, 0.6) is 11.6 Å². The second kappa shape index (κ2) is 13.6. The Bertz CT molecular complexity index is 2030. The van der Waals surface area contributed by atoms with Crippen molar-refractivity contribution in [2.75, 3.05) is 13.7 Å². The van der Waals surface area contributed by atoms with E-state index in [-0.39, 0.29) is 4.75 Å². The van der Waals surface area contributed by atoms with E-state index in [1.807, 2.05) is 42.5 Å². The number of aromatic nitrogens is 4. The minimum Gasteiger partial charge on any atom is -0.493 e. The molecule has 0 amide bonds. The molecule has 0 aliphatic carbocycles. The van der Waals surface area contributed by atoms with Gasteiger partial charge in [0, 0.05) is 57.3 Å². The summed E-state index contributed by atoms with van der Waals surface area (Å²) in [7, 11) is 1.57. The van der Waals surface area contributed by atoms with Gasteiger partial charge in [0.1, 0.15) is 5.75 Å². The Morgan fingerprint density at radius 3 is 2.40 bits per heavy atom. The number of carboxylic acids is 1. The fourth-order valence-electron chi connectivity index (χ4n) is 5.55. The Kier molecular flexibility index (Phi) is 9.49. The van der Waals surface area contributed by atoms with Crippen molar-refractivity contribution >= 4 is 50.2 Å². The van der Waals surface area contributed by atoms with Crippen LogP contribution in [0.3, 0.4) is 0 Å². The van der Waals surface area contributed by atoms with Crippen molar-refractivity contribution in [3.8, 4) is 22.9 Å². The molecular formula is C38H40N4O4S2. The Morgan fingerprint density at radius 2 is 1.73 bits per heavy atom. The number of nitrogens with zero attached hydrogens (tertiary/aromatic N) is 4. The lowest BCUT2D eigenvalue weighted by molar-refractivity contribution is -0.146. The number of hydrogen-bond donors (Lipinski definition) is 1. The standard InChI is InChI=1S/C38H40N4O4S2/c1-37(2,3)48-35-27-21-26(46-20-19-34-39-29-9-7-8-10-32(29)47-34)15-17-30(27)42(31(35)22-38(4,5)36(43)44)23-24-11-13-25(14-12-24)28-16-18-33(45-6)41-40-28/h7-18,21H,19-20,22-23H2,1-6H3,(H,43,44). The van der Waals surface area contributed by atoms with Crippen LogP contribution < -0.4 is 9.47 Å². The van der Waals surface area contributed by atoms with Gasteiger partial charge in [0.15, 0.2) is 0 Å². The predicted octanol–water partition coefficient (Wildman–Crippen LogP) is 8.93. The molecule has 0 fully saturated rings. The lowest BCUT2D eigenvalue weighted by atomic mass is 9.88. The van der Waals surface area contributed by atoms with Gasteiger partial charge in [-0.25, -0.2) is 4.98 Å². The zero-order chi connectivity index (χ0) is 34.1. The molecule has 3 aromatic heterocycles. The Labute approximate surface area is 289 Å². The first-order chi connectivity index (χ1) is 22.9. The highest BCUT2D eigenvalue weighted by atomic mass is 32.2. The van der Waals surface area contributed by atoms with Crippen molar-refractivity contribution in [3.05, 3.63) is 95.1 Å². The highest BCUT2D eigenvalue weighted by Gasteiger charge is 2.33. The number of benzene rings is 3. The summed E-state index contributed by atoms with van der Waals surface area (Å²) in [5, 5.41) is 20.7. The zero-order valence-corrected chi connectivity index (χ0v) is 29.7. The monoisotopic (exact) mass is 680 g/mol. The summed E-state index contributed by atoms with van der Waals surface area (Å²) >= 11 is 3.47. The number of aliphatic carboxylic acids is 1. The third-order valence-corrected chi connectivity index (χ3v) is 10.4. The van der Waals surface area contributed by atoms with Crippen LogP contribution in [0.15, 0.2) is 83.8 Å². The second-order valence-electron chi connectivity index (χ2n) is 13.5. The average molecular weight is 681 g/mol. The molecule has 0 bridgehead atoms. The van der Waals surface area contributed by atoms with Crippen LogP contribution in [0, 0.1) is 5.41 Å². The van der Waals surface area contributed by atoms with Crippen LogP contribution in [-0.4, -0.2) is 49.3 Å². The summed E-state index contributed by atoms with van der Waals surface area (Å²) < 4.78 is 14.8. The largest absolute Gasteiger partial charge is 0.493 e. The number of hydrogen-bond acceptors (Lipinski definition) is 8. The van der Waals surface area contributed by atoms with Crippen LogP contribution >= 0.6 is 23.1 Å². The Hall–Kier alpha value is -4.41. The highest BCUT2D eigenvalue weighted by molar-refractivity contribution is 8.00. The van der Waals surface area contributed by atoms with Crippen LogP contribution in [0.2, 0.25) is 0 Å². The molecule has 3 aromatic carbocycles. The number of fused-ring (bicyclic) bond motifs is 2. The average Bonchev–Trinajstić information content (AvgIpc) is 3.59. The second-order valence-corrected chi connectivity index (χ2v) is 16.4. The molecule has 0 aliphatic rings. The van der Waals surface area contributed by atoms with E-state index in [4.69, 9.17) is 14.5 Å². The van der Waals surface area contributed by atoms with Crippen LogP contribution in [0.4, 0.5) is 0 Å². The van der Waals surface area contributed by atoms with Gasteiger partial charge in [-0.1, -0.05) is 57.2 Å². The smallest absolute Gasteiger partial charge is 0.309 e. The lowest BCUT2D eigenvalue weighted by Gasteiger charge is -2.24. The van der Waals surface area contributed by atoms with Gasteiger partial charge >= 0.3 is 5.97 Å². The summed E-state index contributed by atoms with van der Waals surface area (Å²) in [6.45, 7) is 11.2. The number of para-hydroxylation sites is 1. The fourth-order valence-corrected chi connectivity index (χ4v) is 7.68. The molecule has 0 spiro atoms. The molecule has 0 atom stereocenters. The summed E-state index contributed by atoms with van der Waals surface area (Å²) in [5.41, 5.74) is 4.91. The number of rotatable bonds is 12. The van der Waals surface area contributed by atoms with Gasteiger partial charge in [-0.2, -0.15) is 0 Å². The van der Waals surface area contributed by atoms with Crippen LogP contribution in [-0.2, 0) is 24.2 Å². The minimum atomic E-state index is -0.965. The van der Waals surface area contributed by atoms with Crippen molar-refractivity contribution in [3.63, 3.8) is 0 Å². The number of carbonyl (C=O) groups is 1. The first-order valence-corrected chi connectivity index (χ1v) is 17.6. The Balaban J connectivity index is 1.35. The molecule has 3 heterocycles. The quantitative estimate of drug-likeness (QED) is 0.128. The van der Waals surface area contributed by atoms with E-state index < -0.39 is 11.4 Å². The molecule has 6 aromatic rings. The Morgan fingerprint density at radius 1 is 0.958 bits per heavy atom. The topological polar surface area (TPSA) is 99.4 Å². The molecule has 0 saturated carbocycles. The molecule has 0 unspecified atom stereocenters. The van der Waals surface area contributed by atoms with Gasteiger partial charge in [-0.3, -0.25) is 4.79 Å². The lowest BCUT2D eigenvalue weighted by Crippen LogP contribution is -2.28. The SMILES string of the molecule is COc1ccc(-c2ccc(Cn3c(CC(C)(C)C(=O)O)c(SC(C)(C)C)c4cc(OCCc5nc6ccccc6s5)ccc43)cc2)nn1. The maximum Gasteiger partial charge on any atom is 0.309 e.